The lowest BCUT2D eigenvalue weighted by atomic mass is 10.2. The first-order chi connectivity index (χ1) is 8.22. The first-order valence-electron chi connectivity index (χ1n) is 5.18. The largest absolute Gasteiger partial charge is 0.383 e. The first kappa shape index (κ1) is 13.5. The van der Waals surface area contributed by atoms with E-state index in [0.717, 1.165) is 5.56 Å². The molecule has 4 nitrogen and oxygen atoms in total. The third-order valence-electron chi connectivity index (χ3n) is 1.95. The molecule has 92 valence electrons. The quantitative estimate of drug-likeness (QED) is 0.792. The normalized spacial score (nSPS) is 10.5. The molecule has 1 rings (SSSR count). The molecule has 0 saturated carbocycles. The molecule has 1 aromatic rings. The zero-order valence-electron chi connectivity index (χ0n) is 9.57. The van der Waals surface area contributed by atoms with Crippen molar-refractivity contribution in [1.82, 2.24) is 10.6 Å². The molecule has 0 unspecified atom stereocenters. The Balaban J connectivity index is 2.29. The van der Waals surface area contributed by atoms with Crippen molar-refractivity contribution in [3.63, 3.8) is 0 Å². The molecule has 0 bridgehead atoms. The number of nitrogens with one attached hydrogen (secondary N) is 2. The molecule has 0 spiro atoms. The number of urea groups is 1. The summed E-state index contributed by atoms with van der Waals surface area (Å²) in [7, 11) is 1.58. The molecular weight excluding hydrogens is 240 g/mol. The van der Waals surface area contributed by atoms with Gasteiger partial charge in [0.1, 0.15) is 0 Å². The van der Waals surface area contributed by atoms with E-state index < -0.39 is 0 Å². The zero-order valence-corrected chi connectivity index (χ0v) is 10.3. The monoisotopic (exact) mass is 254 g/mol. The molecule has 2 N–H and O–H groups in total. The molecular formula is C12H15ClN2O2. The highest BCUT2D eigenvalue weighted by atomic mass is 35.5. The second-order valence-corrected chi connectivity index (χ2v) is 3.71. The molecule has 0 atom stereocenters. The number of halogens is 1. The SMILES string of the molecule is COCCNC(=O)N/C=C/c1ccc(Cl)cc1. The van der Waals surface area contributed by atoms with Crippen molar-refractivity contribution in [2.24, 2.45) is 0 Å². The molecule has 0 aliphatic heterocycles. The van der Waals surface area contributed by atoms with Crippen LogP contribution in [0.5, 0.6) is 0 Å². The molecule has 17 heavy (non-hydrogen) atoms. The molecule has 0 saturated heterocycles. The standard InChI is InChI=1S/C12H15ClN2O2/c1-17-9-8-15-12(16)14-7-6-10-2-4-11(13)5-3-10/h2-7H,8-9H2,1H3,(H2,14,15,16)/b7-6+. The Hall–Kier alpha value is -1.52. The zero-order chi connectivity index (χ0) is 12.5. The van der Waals surface area contributed by atoms with Crippen LogP contribution in [0.25, 0.3) is 6.08 Å². The Bertz CT molecular complexity index is 377. The minimum Gasteiger partial charge on any atom is -0.383 e. The number of benzene rings is 1. The molecule has 1 aromatic carbocycles. The molecule has 0 aliphatic rings. The van der Waals surface area contributed by atoms with Gasteiger partial charge in [-0.1, -0.05) is 23.7 Å². The predicted octanol–water partition coefficient (Wildman–Crippen LogP) is 2.26. The summed E-state index contributed by atoms with van der Waals surface area (Å²) in [5.41, 5.74) is 0.964. The van der Waals surface area contributed by atoms with Crippen LogP contribution in [-0.4, -0.2) is 26.3 Å². The number of ether oxygens (including phenoxy) is 1. The van der Waals surface area contributed by atoms with Crippen molar-refractivity contribution >= 4 is 23.7 Å². The smallest absolute Gasteiger partial charge is 0.318 e. The molecule has 0 fully saturated rings. The van der Waals surface area contributed by atoms with Gasteiger partial charge in [0.15, 0.2) is 0 Å². The molecule has 2 amide bonds. The number of hydrogen-bond donors (Lipinski definition) is 2. The van der Waals surface area contributed by atoms with Gasteiger partial charge in [-0.05, 0) is 23.8 Å². The van der Waals surface area contributed by atoms with Crippen LogP contribution in [0.4, 0.5) is 4.79 Å². The second-order valence-electron chi connectivity index (χ2n) is 3.28. The Kier molecular flexibility index (Phi) is 6.14. The maximum Gasteiger partial charge on any atom is 0.318 e. The van der Waals surface area contributed by atoms with Gasteiger partial charge in [-0.2, -0.15) is 0 Å². The Morgan fingerprint density at radius 3 is 2.76 bits per heavy atom. The molecule has 5 heteroatoms. The fraction of sp³-hybridized carbons (Fsp3) is 0.250. The summed E-state index contributed by atoms with van der Waals surface area (Å²) in [6, 6.07) is 7.05. The number of carbonyl (C=O) groups is 1. The minimum absolute atomic E-state index is 0.257. The van der Waals surface area contributed by atoms with Crippen molar-refractivity contribution in [1.29, 1.82) is 0 Å². The van der Waals surface area contributed by atoms with Crippen molar-refractivity contribution in [2.75, 3.05) is 20.3 Å². The third kappa shape index (κ3) is 5.94. The number of rotatable bonds is 5. The van der Waals surface area contributed by atoms with Crippen molar-refractivity contribution in [3.05, 3.63) is 41.1 Å². The van der Waals surface area contributed by atoms with Crippen LogP contribution in [0, 0.1) is 0 Å². The fourth-order valence-corrected chi connectivity index (χ4v) is 1.23. The van der Waals surface area contributed by atoms with E-state index in [1.807, 2.05) is 12.1 Å². The Morgan fingerprint density at radius 1 is 1.41 bits per heavy atom. The highest BCUT2D eigenvalue weighted by molar-refractivity contribution is 6.30. The van der Waals surface area contributed by atoms with E-state index in [0.29, 0.717) is 18.2 Å². The fourth-order valence-electron chi connectivity index (χ4n) is 1.11. The van der Waals surface area contributed by atoms with E-state index in [-0.39, 0.29) is 6.03 Å². The first-order valence-corrected chi connectivity index (χ1v) is 5.55. The van der Waals surface area contributed by atoms with Gasteiger partial charge < -0.3 is 15.4 Å². The number of amides is 2. The topological polar surface area (TPSA) is 50.4 Å². The van der Waals surface area contributed by atoms with Gasteiger partial charge in [0, 0.05) is 24.9 Å². The predicted molar refractivity (Wildman–Crippen MR) is 68.9 cm³/mol. The summed E-state index contributed by atoms with van der Waals surface area (Å²) in [5, 5.41) is 5.90. The lowest BCUT2D eigenvalue weighted by Crippen LogP contribution is -2.34. The highest BCUT2D eigenvalue weighted by Crippen LogP contribution is 2.10. The van der Waals surface area contributed by atoms with Gasteiger partial charge in [-0.25, -0.2) is 4.79 Å². The van der Waals surface area contributed by atoms with Gasteiger partial charge in [-0.15, -0.1) is 0 Å². The van der Waals surface area contributed by atoms with Crippen LogP contribution >= 0.6 is 11.6 Å². The third-order valence-corrected chi connectivity index (χ3v) is 2.20. The summed E-state index contributed by atoms with van der Waals surface area (Å²) < 4.78 is 4.80. The van der Waals surface area contributed by atoms with Gasteiger partial charge in [0.05, 0.1) is 6.61 Å². The second kappa shape index (κ2) is 7.70. The van der Waals surface area contributed by atoms with E-state index in [9.17, 15) is 4.79 Å². The molecule has 0 aliphatic carbocycles. The molecule has 0 aromatic heterocycles. The van der Waals surface area contributed by atoms with Crippen molar-refractivity contribution < 1.29 is 9.53 Å². The number of carbonyl (C=O) groups excluding carboxylic acids is 1. The number of hydrogen-bond acceptors (Lipinski definition) is 2. The highest BCUT2D eigenvalue weighted by Gasteiger charge is 1.94. The maximum atomic E-state index is 11.2. The Labute approximate surface area is 106 Å². The summed E-state index contributed by atoms with van der Waals surface area (Å²) >= 11 is 5.75. The summed E-state index contributed by atoms with van der Waals surface area (Å²) in [6.45, 7) is 0.978. The van der Waals surface area contributed by atoms with E-state index in [1.54, 1.807) is 31.5 Å². The van der Waals surface area contributed by atoms with Gasteiger partial charge in [0.2, 0.25) is 0 Å². The van der Waals surface area contributed by atoms with Gasteiger partial charge in [-0.3, -0.25) is 0 Å². The molecule has 0 heterocycles. The van der Waals surface area contributed by atoms with Crippen molar-refractivity contribution in [2.45, 2.75) is 0 Å². The molecule has 0 radical (unpaired) electrons. The van der Waals surface area contributed by atoms with Gasteiger partial charge in [0.25, 0.3) is 0 Å². The minimum atomic E-state index is -0.257. The average Bonchev–Trinajstić information content (AvgIpc) is 2.32. The van der Waals surface area contributed by atoms with Crippen LogP contribution in [0.15, 0.2) is 30.5 Å². The van der Waals surface area contributed by atoms with E-state index in [1.165, 1.54) is 0 Å². The summed E-state index contributed by atoms with van der Waals surface area (Å²) in [4.78, 5) is 11.2. The van der Waals surface area contributed by atoms with Crippen molar-refractivity contribution in [3.8, 4) is 0 Å². The van der Waals surface area contributed by atoms with Crippen LogP contribution in [0.2, 0.25) is 5.02 Å². The van der Waals surface area contributed by atoms with Gasteiger partial charge >= 0.3 is 6.03 Å². The van der Waals surface area contributed by atoms with E-state index in [2.05, 4.69) is 10.6 Å². The average molecular weight is 255 g/mol. The van der Waals surface area contributed by atoms with Crippen LogP contribution in [0.1, 0.15) is 5.56 Å². The summed E-state index contributed by atoms with van der Waals surface area (Å²) in [6.07, 6.45) is 3.36. The maximum absolute atomic E-state index is 11.2. The van der Waals surface area contributed by atoms with E-state index in [4.69, 9.17) is 16.3 Å². The van der Waals surface area contributed by atoms with Crippen LogP contribution in [0.3, 0.4) is 0 Å². The number of methoxy groups -OCH3 is 1. The summed E-state index contributed by atoms with van der Waals surface area (Å²) in [5.74, 6) is 0. The van der Waals surface area contributed by atoms with Crippen LogP contribution < -0.4 is 10.6 Å². The lowest BCUT2D eigenvalue weighted by molar-refractivity contribution is 0.196. The van der Waals surface area contributed by atoms with E-state index >= 15 is 0 Å². The Morgan fingerprint density at radius 2 is 2.12 bits per heavy atom. The lowest BCUT2D eigenvalue weighted by Gasteiger charge is -2.02. The van der Waals surface area contributed by atoms with Crippen LogP contribution in [-0.2, 0) is 4.74 Å².